The average Bonchev–Trinajstić information content (AvgIpc) is 2.71. The largest absolute Gasteiger partial charge is 0.369 e. The van der Waals surface area contributed by atoms with Gasteiger partial charge in [0, 0.05) is 0 Å². The highest BCUT2D eigenvalue weighted by Gasteiger charge is 2.27. The molecule has 0 saturated carbocycles. The summed E-state index contributed by atoms with van der Waals surface area (Å²) >= 11 is 0. The van der Waals surface area contributed by atoms with Crippen LogP contribution in [0.1, 0.15) is 17.2 Å². The Bertz CT molecular complexity index is 561. The molecule has 0 atom stereocenters. The molecule has 0 unspecified atom stereocenters. The van der Waals surface area contributed by atoms with Gasteiger partial charge in [-0.1, -0.05) is 48.5 Å². The monoisotopic (exact) mass is 238 g/mol. The first-order valence-electron chi connectivity index (χ1n) is 5.97. The molecule has 0 spiro atoms. The molecule has 0 radical (unpaired) electrons. The highest BCUT2D eigenvalue weighted by atomic mass is 16.1. The average molecular weight is 238 g/mol. The number of nitrogens with one attached hydrogen (secondary N) is 1. The third kappa shape index (κ3) is 1.69. The van der Waals surface area contributed by atoms with E-state index in [1.165, 1.54) is 22.3 Å². The van der Waals surface area contributed by atoms with Crippen molar-refractivity contribution in [1.82, 2.24) is 5.32 Å². The molecule has 3 N–H and O–H groups in total. The van der Waals surface area contributed by atoms with E-state index < -0.39 is 0 Å². The molecule has 3 rings (SSSR count). The molecule has 0 aliphatic heterocycles. The van der Waals surface area contributed by atoms with Crippen LogP contribution < -0.4 is 11.1 Å². The maximum atomic E-state index is 10.9. The number of carbonyl (C=O) groups is 1. The van der Waals surface area contributed by atoms with Gasteiger partial charge in [-0.05, 0) is 22.3 Å². The number of hydrogen-bond acceptors (Lipinski definition) is 2. The van der Waals surface area contributed by atoms with Gasteiger partial charge in [-0.15, -0.1) is 0 Å². The normalized spacial score (nSPS) is 13.1. The van der Waals surface area contributed by atoms with Gasteiger partial charge in [-0.2, -0.15) is 0 Å². The maximum absolute atomic E-state index is 10.9. The molecular weight excluding hydrogens is 224 g/mol. The summed E-state index contributed by atoms with van der Waals surface area (Å²) in [6.45, 7) is 0.188. The van der Waals surface area contributed by atoms with Crippen LogP contribution in [0.5, 0.6) is 0 Å². The van der Waals surface area contributed by atoms with E-state index in [1.54, 1.807) is 0 Å². The summed E-state index contributed by atoms with van der Waals surface area (Å²) < 4.78 is 0. The highest BCUT2D eigenvalue weighted by Crippen LogP contribution is 2.42. The molecule has 0 heterocycles. The molecule has 3 heteroatoms. The fourth-order valence-corrected chi connectivity index (χ4v) is 2.58. The van der Waals surface area contributed by atoms with E-state index in [0.29, 0.717) is 0 Å². The smallest absolute Gasteiger partial charge is 0.231 e. The number of hydrogen-bond donors (Lipinski definition) is 2. The number of benzene rings is 2. The van der Waals surface area contributed by atoms with Crippen molar-refractivity contribution in [3.8, 4) is 11.1 Å². The van der Waals surface area contributed by atoms with Crippen molar-refractivity contribution >= 4 is 5.91 Å². The van der Waals surface area contributed by atoms with Crippen molar-refractivity contribution in [1.29, 1.82) is 0 Å². The first-order chi connectivity index (χ1) is 8.77. The quantitative estimate of drug-likeness (QED) is 0.857. The zero-order valence-corrected chi connectivity index (χ0v) is 9.89. The van der Waals surface area contributed by atoms with E-state index >= 15 is 0 Å². The molecule has 18 heavy (non-hydrogen) atoms. The van der Waals surface area contributed by atoms with Crippen LogP contribution in [-0.2, 0) is 4.79 Å². The van der Waals surface area contributed by atoms with Gasteiger partial charge in [0.25, 0.3) is 0 Å². The van der Waals surface area contributed by atoms with Crippen LogP contribution in [0.25, 0.3) is 11.1 Å². The third-order valence-electron chi connectivity index (χ3n) is 3.31. The predicted octanol–water partition coefficient (Wildman–Crippen LogP) is 1.83. The summed E-state index contributed by atoms with van der Waals surface area (Å²) in [5, 5.41) is 3.22. The molecule has 0 saturated heterocycles. The molecule has 1 aliphatic rings. The van der Waals surface area contributed by atoms with Crippen molar-refractivity contribution in [2.24, 2.45) is 5.73 Å². The lowest BCUT2D eigenvalue weighted by Crippen LogP contribution is -2.31. The van der Waals surface area contributed by atoms with Gasteiger partial charge in [0.2, 0.25) is 5.91 Å². The van der Waals surface area contributed by atoms with Gasteiger partial charge in [0.15, 0.2) is 0 Å². The standard InChI is InChI=1S/C15H14N2O/c16-14(18)9-17-15-12-7-3-1-5-10(12)11-6-2-4-8-13(11)15/h1-8,15,17H,9H2,(H2,16,18). The van der Waals surface area contributed by atoms with Crippen molar-refractivity contribution in [2.45, 2.75) is 6.04 Å². The lowest BCUT2D eigenvalue weighted by molar-refractivity contribution is -0.117. The van der Waals surface area contributed by atoms with Gasteiger partial charge in [-0.3, -0.25) is 10.1 Å². The second-order valence-electron chi connectivity index (χ2n) is 4.45. The van der Waals surface area contributed by atoms with Crippen molar-refractivity contribution in [3.05, 3.63) is 59.7 Å². The van der Waals surface area contributed by atoms with Gasteiger partial charge in [-0.25, -0.2) is 0 Å². The number of carbonyl (C=O) groups excluding carboxylic acids is 1. The molecule has 2 aromatic rings. The van der Waals surface area contributed by atoms with Crippen LogP contribution in [0.3, 0.4) is 0 Å². The fraction of sp³-hybridized carbons (Fsp3) is 0.133. The van der Waals surface area contributed by atoms with E-state index in [1.807, 2.05) is 24.3 Å². The summed E-state index contributed by atoms with van der Waals surface area (Å²) in [4.78, 5) is 10.9. The van der Waals surface area contributed by atoms with Crippen LogP contribution in [0, 0.1) is 0 Å². The molecule has 0 aromatic heterocycles. The molecule has 3 nitrogen and oxygen atoms in total. The fourth-order valence-electron chi connectivity index (χ4n) is 2.58. The van der Waals surface area contributed by atoms with Crippen LogP contribution in [0.2, 0.25) is 0 Å². The highest BCUT2D eigenvalue weighted by molar-refractivity contribution is 5.80. The molecule has 1 aliphatic carbocycles. The van der Waals surface area contributed by atoms with Crippen LogP contribution >= 0.6 is 0 Å². The summed E-state index contributed by atoms with van der Waals surface area (Å²) in [5.41, 5.74) is 10.1. The minimum atomic E-state index is -0.336. The van der Waals surface area contributed by atoms with Crippen molar-refractivity contribution in [2.75, 3.05) is 6.54 Å². The molecule has 0 fully saturated rings. The molecule has 90 valence electrons. The maximum Gasteiger partial charge on any atom is 0.231 e. The second kappa shape index (κ2) is 4.27. The summed E-state index contributed by atoms with van der Waals surface area (Å²) in [5.74, 6) is -0.336. The minimum absolute atomic E-state index is 0.0601. The molecule has 2 aromatic carbocycles. The zero-order chi connectivity index (χ0) is 12.5. The topological polar surface area (TPSA) is 55.1 Å². The van der Waals surface area contributed by atoms with Gasteiger partial charge in [0.1, 0.15) is 0 Å². The Kier molecular flexibility index (Phi) is 2.61. The Morgan fingerprint density at radius 2 is 1.50 bits per heavy atom. The number of primary amides is 1. The predicted molar refractivity (Wildman–Crippen MR) is 70.9 cm³/mol. The zero-order valence-electron chi connectivity index (χ0n) is 9.89. The van der Waals surface area contributed by atoms with E-state index in [9.17, 15) is 4.79 Å². The number of rotatable bonds is 3. The second-order valence-corrected chi connectivity index (χ2v) is 4.45. The third-order valence-corrected chi connectivity index (χ3v) is 3.31. The lowest BCUT2D eigenvalue weighted by atomic mass is 10.1. The molecule has 1 amide bonds. The lowest BCUT2D eigenvalue weighted by Gasteiger charge is -2.14. The van der Waals surface area contributed by atoms with E-state index in [-0.39, 0.29) is 18.5 Å². The van der Waals surface area contributed by atoms with Crippen LogP contribution in [-0.4, -0.2) is 12.5 Å². The van der Waals surface area contributed by atoms with E-state index in [2.05, 4.69) is 29.6 Å². The van der Waals surface area contributed by atoms with Crippen molar-refractivity contribution < 1.29 is 4.79 Å². The Hall–Kier alpha value is -2.13. The number of amides is 1. The summed E-state index contributed by atoms with van der Waals surface area (Å²) in [7, 11) is 0. The Labute approximate surface area is 106 Å². The van der Waals surface area contributed by atoms with E-state index in [0.717, 1.165) is 0 Å². The number of nitrogens with two attached hydrogens (primary N) is 1. The summed E-state index contributed by atoms with van der Waals surface area (Å²) in [6, 6.07) is 16.6. The van der Waals surface area contributed by atoms with Crippen LogP contribution in [0.15, 0.2) is 48.5 Å². The SMILES string of the molecule is NC(=O)CNC1c2ccccc2-c2ccccc21. The minimum Gasteiger partial charge on any atom is -0.369 e. The molecular formula is C15H14N2O. The van der Waals surface area contributed by atoms with Crippen LogP contribution in [0.4, 0.5) is 0 Å². The Balaban J connectivity index is 2.06. The van der Waals surface area contributed by atoms with Crippen molar-refractivity contribution in [3.63, 3.8) is 0 Å². The Morgan fingerprint density at radius 1 is 1.00 bits per heavy atom. The number of fused-ring (bicyclic) bond motifs is 3. The van der Waals surface area contributed by atoms with Gasteiger partial charge >= 0.3 is 0 Å². The van der Waals surface area contributed by atoms with Gasteiger partial charge in [0.05, 0.1) is 12.6 Å². The first-order valence-corrected chi connectivity index (χ1v) is 5.97. The Morgan fingerprint density at radius 3 is 2.00 bits per heavy atom. The summed E-state index contributed by atoms with van der Waals surface area (Å²) in [6.07, 6.45) is 0. The van der Waals surface area contributed by atoms with Gasteiger partial charge < -0.3 is 5.73 Å². The first kappa shape index (κ1) is 11.0. The molecule has 0 bridgehead atoms. The van der Waals surface area contributed by atoms with E-state index in [4.69, 9.17) is 5.73 Å².